The van der Waals surface area contributed by atoms with Gasteiger partial charge in [-0.25, -0.2) is 8.42 Å². The van der Waals surface area contributed by atoms with Gasteiger partial charge in [0.1, 0.15) is 11.4 Å². The molecule has 1 saturated heterocycles. The minimum absolute atomic E-state index is 0.0941. The second kappa shape index (κ2) is 8.36. The molecule has 0 amide bonds. The van der Waals surface area contributed by atoms with Crippen molar-refractivity contribution < 1.29 is 18.1 Å². The largest absolute Gasteiger partial charge is 0.497 e. The van der Waals surface area contributed by atoms with Gasteiger partial charge in [-0.05, 0) is 42.7 Å². The van der Waals surface area contributed by atoms with Gasteiger partial charge in [-0.2, -0.15) is 9.41 Å². The van der Waals surface area contributed by atoms with Gasteiger partial charge in [-0.3, -0.25) is 15.5 Å². The third kappa shape index (κ3) is 4.29. The highest BCUT2D eigenvalue weighted by atomic mass is 32.2. The van der Waals surface area contributed by atoms with Gasteiger partial charge < -0.3 is 4.74 Å². The molecular weight excluding hydrogens is 384 g/mol. The Kier molecular flexibility index (Phi) is 5.90. The van der Waals surface area contributed by atoms with E-state index in [0.29, 0.717) is 18.8 Å². The molecule has 2 aromatic rings. The van der Waals surface area contributed by atoms with Crippen LogP contribution in [0.2, 0.25) is 0 Å². The molecule has 0 spiro atoms. The summed E-state index contributed by atoms with van der Waals surface area (Å²) in [5.74, 6) is 0.659. The van der Waals surface area contributed by atoms with E-state index in [-0.39, 0.29) is 16.3 Å². The number of benzene rings is 2. The van der Waals surface area contributed by atoms with Crippen molar-refractivity contribution in [3.63, 3.8) is 0 Å². The van der Waals surface area contributed by atoms with Crippen LogP contribution in [-0.4, -0.2) is 44.1 Å². The lowest BCUT2D eigenvalue weighted by Gasteiger charge is -2.15. The summed E-state index contributed by atoms with van der Waals surface area (Å²) < 4.78 is 31.7. The second-order valence-electron chi connectivity index (χ2n) is 6.19. The number of anilines is 1. The van der Waals surface area contributed by atoms with E-state index in [1.807, 2.05) is 0 Å². The number of nitro benzene ring substituents is 1. The van der Waals surface area contributed by atoms with Crippen LogP contribution in [0.4, 0.5) is 11.4 Å². The van der Waals surface area contributed by atoms with Crippen LogP contribution in [0.5, 0.6) is 5.75 Å². The Balaban J connectivity index is 1.83. The number of nitrogens with one attached hydrogen (secondary N) is 1. The Labute approximate surface area is 162 Å². The van der Waals surface area contributed by atoms with Crippen molar-refractivity contribution >= 4 is 27.6 Å². The van der Waals surface area contributed by atoms with E-state index in [2.05, 4.69) is 10.5 Å². The number of ether oxygens (including phenoxy) is 1. The standard InChI is InChI=1S/C18H20N4O5S/c1-27-15-6-4-5-14(11-15)13-19-20-17-8-7-16(12-18(17)22(23)24)28(25,26)21-9-2-3-10-21/h4-8,11-13,20H,2-3,9-10H2,1H3/b19-13-. The van der Waals surface area contributed by atoms with Crippen molar-refractivity contribution in [1.29, 1.82) is 0 Å². The molecule has 0 atom stereocenters. The van der Waals surface area contributed by atoms with Gasteiger partial charge in [0.25, 0.3) is 5.69 Å². The van der Waals surface area contributed by atoms with Gasteiger partial charge >= 0.3 is 0 Å². The predicted molar refractivity (Wildman–Crippen MR) is 105 cm³/mol. The quantitative estimate of drug-likeness (QED) is 0.431. The summed E-state index contributed by atoms with van der Waals surface area (Å²) in [6.07, 6.45) is 3.07. The lowest BCUT2D eigenvalue weighted by Crippen LogP contribution is -2.27. The number of hydrazone groups is 1. The van der Waals surface area contributed by atoms with Gasteiger partial charge in [-0.1, -0.05) is 12.1 Å². The molecule has 0 unspecified atom stereocenters. The molecule has 1 heterocycles. The van der Waals surface area contributed by atoms with Crippen molar-refractivity contribution in [2.45, 2.75) is 17.7 Å². The summed E-state index contributed by atoms with van der Waals surface area (Å²) in [4.78, 5) is 10.7. The molecular formula is C18H20N4O5S. The maximum Gasteiger partial charge on any atom is 0.295 e. The molecule has 10 heteroatoms. The molecule has 9 nitrogen and oxygen atoms in total. The van der Waals surface area contributed by atoms with Gasteiger partial charge in [0.15, 0.2) is 0 Å². The third-order valence-electron chi connectivity index (χ3n) is 4.36. The number of nitro groups is 1. The number of rotatable bonds is 7. The molecule has 0 aliphatic carbocycles. The maximum absolute atomic E-state index is 12.6. The van der Waals surface area contributed by atoms with E-state index < -0.39 is 14.9 Å². The Morgan fingerprint density at radius 3 is 2.64 bits per heavy atom. The van der Waals surface area contributed by atoms with Crippen molar-refractivity contribution in [3.8, 4) is 5.75 Å². The van der Waals surface area contributed by atoms with E-state index in [1.54, 1.807) is 31.4 Å². The maximum atomic E-state index is 12.6. The Bertz CT molecular complexity index is 1000. The van der Waals surface area contributed by atoms with E-state index >= 15 is 0 Å². The van der Waals surface area contributed by atoms with Crippen LogP contribution in [0.25, 0.3) is 0 Å². The summed E-state index contributed by atoms with van der Waals surface area (Å²) in [5.41, 5.74) is 3.09. The molecule has 1 fully saturated rings. The fraction of sp³-hybridized carbons (Fsp3) is 0.278. The summed E-state index contributed by atoms with van der Waals surface area (Å²) in [7, 11) is -2.18. The summed E-state index contributed by atoms with van der Waals surface area (Å²) >= 11 is 0. The summed E-state index contributed by atoms with van der Waals surface area (Å²) in [6.45, 7) is 0.863. The molecule has 3 rings (SSSR count). The SMILES string of the molecule is COc1cccc(/C=N\Nc2ccc(S(=O)(=O)N3CCCC3)cc2[N+](=O)[O-])c1. The lowest BCUT2D eigenvalue weighted by molar-refractivity contribution is -0.384. The second-order valence-corrected chi connectivity index (χ2v) is 8.13. The van der Waals surface area contributed by atoms with Gasteiger partial charge in [0, 0.05) is 19.2 Å². The monoisotopic (exact) mass is 404 g/mol. The molecule has 148 valence electrons. The van der Waals surface area contributed by atoms with Gasteiger partial charge in [-0.15, -0.1) is 0 Å². The Hall–Kier alpha value is -2.98. The highest BCUT2D eigenvalue weighted by molar-refractivity contribution is 7.89. The van der Waals surface area contributed by atoms with Crippen LogP contribution in [-0.2, 0) is 10.0 Å². The van der Waals surface area contributed by atoms with Crippen LogP contribution in [0, 0.1) is 10.1 Å². The third-order valence-corrected chi connectivity index (χ3v) is 6.26. The summed E-state index contributed by atoms with van der Waals surface area (Å²) in [5, 5.41) is 15.4. The molecule has 0 radical (unpaired) electrons. The molecule has 1 N–H and O–H groups in total. The molecule has 28 heavy (non-hydrogen) atoms. The zero-order valence-electron chi connectivity index (χ0n) is 15.2. The average molecular weight is 404 g/mol. The number of hydrogen-bond acceptors (Lipinski definition) is 7. The first-order valence-corrected chi connectivity index (χ1v) is 10.1. The van der Waals surface area contributed by atoms with Crippen LogP contribution in [0.15, 0.2) is 52.5 Å². The predicted octanol–water partition coefficient (Wildman–Crippen LogP) is 2.83. The minimum Gasteiger partial charge on any atom is -0.497 e. The van der Waals surface area contributed by atoms with Crippen LogP contribution >= 0.6 is 0 Å². The number of hydrogen-bond donors (Lipinski definition) is 1. The van der Waals surface area contributed by atoms with E-state index in [4.69, 9.17) is 4.74 Å². The van der Waals surface area contributed by atoms with Crippen molar-refractivity contribution in [1.82, 2.24) is 4.31 Å². The van der Waals surface area contributed by atoms with E-state index in [9.17, 15) is 18.5 Å². The van der Waals surface area contributed by atoms with Crippen LogP contribution in [0.3, 0.4) is 0 Å². The topological polar surface area (TPSA) is 114 Å². The lowest BCUT2D eigenvalue weighted by atomic mass is 10.2. The Morgan fingerprint density at radius 2 is 1.96 bits per heavy atom. The van der Waals surface area contributed by atoms with E-state index in [1.165, 1.54) is 22.7 Å². The molecule has 0 saturated carbocycles. The van der Waals surface area contributed by atoms with Crippen molar-refractivity contribution in [2.75, 3.05) is 25.6 Å². The normalized spacial score (nSPS) is 15.0. The fourth-order valence-electron chi connectivity index (χ4n) is 2.89. The van der Waals surface area contributed by atoms with Crippen LogP contribution in [0.1, 0.15) is 18.4 Å². The highest BCUT2D eigenvalue weighted by Gasteiger charge is 2.29. The smallest absolute Gasteiger partial charge is 0.295 e. The number of methoxy groups -OCH3 is 1. The number of sulfonamides is 1. The molecule has 0 bridgehead atoms. The number of nitrogens with zero attached hydrogens (tertiary/aromatic N) is 3. The van der Waals surface area contributed by atoms with Gasteiger partial charge in [0.05, 0.1) is 23.1 Å². The average Bonchev–Trinajstić information content (AvgIpc) is 3.24. The first-order chi connectivity index (χ1) is 13.4. The fourth-order valence-corrected chi connectivity index (χ4v) is 4.43. The van der Waals surface area contributed by atoms with Gasteiger partial charge in [0.2, 0.25) is 10.0 Å². The zero-order valence-corrected chi connectivity index (χ0v) is 16.1. The first-order valence-electron chi connectivity index (χ1n) is 8.63. The summed E-state index contributed by atoms with van der Waals surface area (Å²) in [6, 6.07) is 10.9. The van der Waals surface area contributed by atoms with Crippen molar-refractivity contribution in [3.05, 3.63) is 58.1 Å². The molecule has 2 aromatic carbocycles. The highest BCUT2D eigenvalue weighted by Crippen LogP contribution is 2.30. The molecule has 0 aromatic heterocycles. The van der Waals surface area contributed by atoms with Crippen molar-refractivity contribution in [2.24, 2.45) is 5.10 Å². The molecule has 1 aliphatic rings. The molecule has 1 aliphatic heterocycles. The van der Waals surface area contributed by atoms with E-state index in [0.717, 1.165) is 24.5 Å². The Morgan fingerprint density at radius 1 is 1.21 bits per heavy atom. The minimum atomic E-state index is -3.73. The zero-order chi connectivity index (χ0) is 20.1. The first kappa shape index (κ1) is 19.8. The van der Waals surface area contributed by atoms with Crippen LogP contribution < -0.4 is 10.2 Å².